The molecule has 0 radical (unpaired) electrons. The number of ether oxygens (including phenoxy) is 1. The number of hydrogen-bond acceptors (Lipinski definition) is 3. The quantitative estimate of drug-likeness (QED) is 0.421. The number of nitrogens with one attached hydrogen (secondary N) is 1. The van der Waals surface area contributed by atoms with E-state index in [-0.39, 0.29) is 12.2 Å². The Kier molecular flexibility index (Phi) is 6.39. The van der Waals surface area contributed by atoms with Crippen LogP contribution in [0.25, 0.3) is 10.9 Å². The topological polar surface area (TPSA) is 59.2 Å². The molecule has 2 rings (SSSR count). The first-order valence-electron chi connectivity index (χ1n) is 8.40. The predicted molar refractivity (Wildman–Crippen MR) is 91.5 cm³/mol. The van der Waals surface area contributed by atoms with E-state index in [0.717, 1.165) is 36.6 Å². The van der Waals surface area contributed by atoms with Gasteiger partial charge in [0.2, 0.25) is 0 Å². The summed E-state index contributed by atoms with van der Waals surface area (Å²) < 4.78 is 5.28. The van der Waals surface area contributed by atoms with Gasteiger partial charge in [0.25, 0.3) is 0 Å². The standard InChI is InChI=1S/C19H25NO3/c1-3-5-8-14(4-2)13-23-19(22)12-18(21)17-11-15-9-6-7-10-16(15)20-17/h6-7,9-11,14,20H,3-5,8,12-13H2,1-2H3. The fourth-order valence-electron chi connectivity index (χ4n) is 2.61. The summed E-state index contributed by atoms with van der Waals surface area (Å²) in [6.07, 6.45) is 4.13. The van der Waals surface area contributed by atoms with Gasteiger partial charge in [0.15, 0.2) is 5.78 Å². The minimum atomic E-state index is -0.441. The first kappa shape index (κ1) is 17.3. The highest BCUT2D eigenvalue weighted by atomic mass is 16.5. The van der Waals surface area contributed by atoms with Crippen molar-refractivity contribution in [1.29, 1.82) is 0 Å². The molecule has 0 amide bonds. The van der Waals surface area contributed by atoms with Crippen molar-refractivity contribution in [1.82, 2.24) is 4.98 Å². The van der Waals surface area contributed by atoms with Gasteiger partial charge >= 0.3 is 5.97 Å². The molecule has 1 aromatic heterocycles. The summed E-state index contributed by atoms with van der Waals surface area (Å²) in [5.41, 5.74) is 1.36. The van der Waals surface area contributed by atoms with E-state index in [1.54, 1.807) is 6.07 Å². The van der Waals surface area contributed by atoms with Gasteiger partial charge < -0.3 is 9.72 Å². The normalized spacial score (nSPS) is 12.3. The lowest BCUT2D eigenvalue weighted by Gasteiger charge is -2.14. The van der Waals surface area contributed by atoms with Crippen molar-refractivity contribution in [3.05, 3.63) is 36.0 Å². The minimum absolute atomic E-state index is 0.211. The third kappa shape index (κ3) is 4.95. The SMILES string of the molecule is CCCCC(CC)COC(=O)CC(=O)c1cc2ccccc2[nH]1. The maximum absolute atomic E-state index is 12.2. The number of fused-ring (bicyclic) bond motifs is 1. The molecule has 1 atom stereocenters. The zero-order chi connectivity index (χ0) is 16.7. The molecule has 0 spiro atoms. The number of aromatic nitrogens is 1. The molecule has 0 bridgehead atoms. The van der Waals surface area contributed by atoms with Crippen molar-refractivity contribution in [2.45, 2.75) is 46.0 Å². The van der Waals surface area contributed by atoms with Crippen LogP contribution >= 0.6 is 0 Å². The number of Topliss-reactive ketones (excluding diaryl/α,β-unsaturated/α-hetero) is 1. The summed E-state index contributed by atoms with van der Waals surface area (Å²) in [7, 11) is 0. The lowest BCUT2D eigenvalue weighted by molar-refractivity contribution is -0.144. The van der Waals surface area contributed by atoms with Crippen LogP contribution in [0.3, 0.4) is 0 Å². The molecule has 23 heavy (non-hydrogen) atoms. The highest BCUT2D eigenvalue weighted by molar-refractivity contribution is 6.07. The average molecular weight is 315 g/mol. The molecule has 0 saturated carbocycles. The smallest absolute Gasteiger partial charge is 0.313 e. The van der Waals surface area contributed by atoms with Crippen LogP contribution in [-0.4, -0.2) is 23.3 Å². The number of unbranched alkanes of at least 4 members (excludes halogenated alkanes) is 1. The molecular formula is C19H25NO3. The van der Waals surface area contributed by atoms with Gasteiger partial charge in [0, 0.05) is 10.9 Å². The number of H-pyrrole nitrogens is 1. The molecular weight excluding hydrogens is 290 g/mol. The van der Waals surface area contributed by atoms with E-state index in [4.69, 9.17) is 4.74 Å². The van der Waals surface area contributed by atoms with Crippen LogP contribution in [0.2, 0.25) is 0 Å². The molecule has 4 heteroatoms. The molecule has 0 aliphatic carbocycles. The molecule has 0 aliphatic heterocycles. The lowest BCUT2D eigenvalue weighted by atomic mass is 10.0. The van der Waals surface area contributed by atoms with E-state index >= 15 is 0 Å². The second kappa shape index (κ2) is 8.51. The summed E-state index contributed by atoms with van der Waals surface area (Å²) in [5, 5.41) is 0.967. The highest BCUT2D eigenvalue weighted by Crippen LogP contribution is 2.17. The Bertz CT molecular complexity index is 626. The van der Waals surface area contributed by atoms with E-state index in [1.807, 2.05) is 24.3 Å². The Morgan fingerprint density at radius 3 is 2.70 bits per heavy atom. The highest BCUT2D eigenvalue weighted by Gasteiger charge is 2.16. The summed E-state index contributed by atoms with van der Waals surface area (Å²) in [4.78, 5) is 27.1. The first-order chi connectivity index (χ1) is 11.1. The Morgan fingerprint density at radius 2 is 2.00 bits per heavy atom. The summed E-state index contributed by atoms with van der Waals surface area (Å²) in [6.45, 7) is 4.66. The summed E-state index contributed by atoms with van der Waals surface area (Å²) in [6, 6.07) is 9.44. The third-order valence-electron chi connectivity index (χ3n) is 4.16. The molecule has 1 aromatic carbocycles. The molecule has 0 fully saturated rings. The van der Waals surface area contributed by atoms with Crippen molar-refractivity contribution in [2.75, 3.05) is 6.61 Å². The van der Waals surface area contributed by atoms with Gasteiger partial charge in [-0.05, 0) is 24.5 Å². The van der Waals surface area contributed by atoms with Crippen LogP contribution in [0, 0.1) is 5.92 Å². The summed E-state index contributed by atoms with van der Waals surface area (Å²) >= 11 is 0. The fraction of sp³-hybridized carbons (Fsp3) is 0.474. The Morgan fingerprint density at radius 1 is 1.22 bits per heavy atom. The van der Waals surface area contributed by atoms with Gasteiger partial charge in [-0.15, -0.1) is 0 Å². The number of carbonyl (C=O) groups is 2. The van der Waals surface area contributed by atoms with Crippen LogP contribution in [0.5, 0.6) is 0 Å². The zero-order valence-corrected chi connectivity index (χ0v) is 13.9. The number of para-hydroxylation sites is 1. The van der Waals surface area contributed by atoms with Crippen molar-refractivity contribution in [2.24, 2.45) is 5.92 Å². The molecule has 124 valence electrons. The van der Waals surface area contributed by atoms with Crippen LogP contribution in [0.15, 0.2) is 30.3 Å². The van der Waals surface area contributed by atoms with Gasteiger partial charge in [0.1, 0.15) is 6.42 Å². The molecule has 2 aromatic rings. The number of ketones is 1. The lowest BCUT2D eigenvalue weighted by Crippen LogP contribution is -2.17. The summed E-state index contributed by atoms with van der Waals surface area (Å²) in [5.74, 6) is -0.279. The molecule has 0 aliphatic rings. The van der Waals surface area contributed by atoms with E-state index in [1.165, 1.54) is 0 Å². The molecule has 1 unspecified atom stereocenters. The van der Waals surface area contributed by atoms with Crippen LogP contribution in [-0.2, 0) is 9.53 Å². The van der Waals surface area contributed by atoms with Gasteiger partial charge in [-0.25, -0.2) is 0 Å². The van der Waals surface area contributed by atoms with Crippen molar-refractivity contribution in [3.63, 3.8) is 0 Å². The Balaban J connectivity index is 1.85. The predicted octanol–water partition coefficient (Wildman–Crippen LogP) is 4.50. The van der Waals surface area contributed by atoms with Crippen molar-refractivity contribution >= 4 is 22.7 Å². The first-order valence-corrected chi connectivity index (χ1v) is 8.40. The van der Waals surface area contributed by atoms with E-state index in [2.05, 4.69) is 18.8 Å². The van der Waals surface area contributed by atoms with E-state index in [9.17, 15) is 9.59 Å². The largest absolute Gasteiger partial charge is 0.465 e. The van der Waals surface area contributed by atoms with Crippen molar-refractivity contribution < 1.29 is 14.3 Å². The number of carbonyl (C=O) groups excluding carboxylic acids is 2. The number of rotatable bonds is 9. The van der Waals surface area contributed by atoms with E-state index < -0.39 is 5.97 Å². The Hall–Kier alpha value is -2.10. The van der Waals surface area contributed by atoms with Gasteiger partial charge in [0.05, 0.1) is 12.3 Å². The average Bonchev–Trinajstić information content (AvgIpc) is 2.99. The molecule has 0 saturated heterocycles. The van der Waals surface area contributed by atoms with Crippen LogP contribution < -0.4 is 0 Å². The number of aromatic amines is 1. The van der Waals surface area contributed by atoms with Gasteiger partial charge in [-0.3, -0.25) is 9.59 Å². The van der Waals surface area contributed by atoms with Gasteiger partial charge in [-0.2, -0.15) is 0 Å². The van der Waals surface area contributed by atoms with E-state index in [0.29, 0.717) is 18.2 Å². The van der Waals surface area contributed by atoms with Crippen LogP contribution in [0.1, 0.15) is 56.4 Å². The van der Waals surface area contributed by atoms with Crippen LogP contribution in [0.4, 0.5) is 0 Å². The number of hydrogen-bond donors (Lipinski definition) is 1. The number of esters is 1. The third-order valence-corrected chi connectivity index (χ3v) is 4.16. The molecule has 1 N–H and O–H groups in total. The minimum Gasteiger partial charge on any atom is -0.465 e. The fourth-order valence-corrected chi connectivity index (χ4v) is 2.61. The Labute approximate surface area is 137 Å². The second-order valence-electron chi connectivity index (χ2n) is 5.97. The zero-order valence-electron chi connectivity index (χ0n) is 13.9. The van der Waals surface area contributed by atoms with Crippen molar-refractivity contribution in [3.8, 4) is 0 Å². The number of benzene rings is 1. The maximum Gasteiger partial charge on any atom is 0.313 e. The monoisotopic (exact) mass is 315 g/mol. The molecule has 4 nitrogen and oxygen atoms in total. The molecule has 1 heterocycles. The van der Waals surface area contributed by atoms with Gasteiger partial charge in [-0.1, -0.05) is 51.3 Å². The maximum atomic E-state index is 12.2. The second-order valence-corrected chi connectivity index (χ2v) is 5.97.